The fourth-order valence-corrected chi connectivity index (χ4v) is 1.55. The third-order valence-electron chi connectivity index (χ3n) is 1.74. The molecule has 0 amide bonds. The average molecular weight is 233 g/mol. The lowest BCUT2D eigenvalue weighted by Crippen LogP contribution is -1.99. The average Bonchev–Trinajstić information content (AvgIpc) is 2.29. The minimum Gasteiger partial charge on any atom is -0.348 e. The van der Waals surface area contributed by atoms with Crippen molar-refractivity contribution in [2.45, 2.75) is 0 Å². The molecular weight excluding hydrogens is 225 g/mol. The number of halogens is 1. The van der Waals surface area contributed by atoms with Crippen LogP contribution in [0.4, 0.5) is 10.1 Å². The molecule has 0 atom stereocenters. The first-order chi connectivity index (χ1) is 7.71. The van der Waals surface area contributed by atoms with Gasteiger partial charge in [0.05, 0.1) is 0 Å². The molecule has 0 spiro atoms. The Bertz CT molecular complexity index is 481. The molecule has 1 rings (SSSR count). The first-order valence-corrected chi connectivity index (χ1v) is 5.54. The van der Waals surface area contributed by atoms with E-state index in [0.717, 1.165) is 0 Å². The van der Waals surface area contributed by atoms with Gasteiger partial charge >= 0.3 is 0 Å². The summed E-state index contributed by atoms with van der Waals surface area (Å²) in [7, 11) is 0. The molecule has 0 aliphatic heterocycles. The monoisotopic (exact) mass is 233 g/mol. The summed E-state index contributed by atoms with van der Waals surface area (Å²) in [5, 5.41) is 20.6. The number of thioether (sulfide) groups is 1. The normalized spacial score (nSPS) is 8.75. The van der Waals surface area contributed by atoms with Crippen LogP contribution in [0.2, 0.25) is 0 Å². The number of benzene rings is 1. The van der Waals surface area contributed by atoms with Crippen LogP contribution in [0, 0.1) is 28.5 Å². The summed E-state index contributed by atoms with van der Waals surface area (Å²) in [5.74, 6) is -0.374. The van der Waals surface area contributed by atoms with Gasteiger partial charge in [0.25, 0.3) is 0 Å². The molecular formula is C11H8FN3S. The molecule has 16 heavy (non-hydrogen) atoms. The lowest BCUT2D eigenvalue weighted by Gasteiger charge is -2.07. The molecule has 3 nitrogen and oxygen atoms in total. The van der Waals surface area contributed by atoms with Crippen molar-refractivity contribution in [2.24, 2.45) is 0 Å². The number of allylic oxidation sites excluding steroid dienone is 1. The SMILES string of the molecule is CSC(Nc1cccc(F)c1)=C(C#N)C#N. The molecule has 0 radical (unpaired) electrons. The Morgan fingerprint density at radius 3 is 2.56 bits per heavy atom. The highest BCUT2D eigenvalue weighted by Gasteiger charge is 2.05. The summed E-state index contributed by atoms with van der Waals surface area (Å²) in [6, 6.07) is 9.38. The molecule has 0 aliphatic rings. The molecule has 0 saturated heterocycles. The quantitative estimate of drug-likeness (QED) is 0.815. The third kappa shape index (κ3) is 3.01. The Kier molecular flexibility index (Phi) is 4.38. The Morgan fingerprint density at radius 1 is 1.38 bits per heavy atom. The Balaban J connectivity index is 3.01. The number of hydrogen-bond acceptors (Lipinski definition) is 4. The van der Waals surface area contributed by atoms with Gasteiger partial charge < -0.3 is 5.32 Å². The molecule has 0 fully saturated rings. The molecule has 1 aromatic rings. The van der Waals surface area contributed by atoms with Crippen LogP contribution in [0.1, 0.15) is 0 Å². The number of nitrogens with one attached hydrogen (secondary N) is 1. The van der Waals surface area contributed by atoms with Gasteiger partial charge in [0.1, 0.15) is 23.0 Å². The van der Waals surface area contributed by atoms with Gasteiger partial charge in [0.2, 0.25) is 0 Å². The second-order valence-corrected chi connectivity index (χ2v) is 3.58. The highest BCUT2D eigenvalue weighted by Crippen LogP contribution is 2.20. The van der Waals surface area contributed by atoms with Crippen LogP contribution < -0.4 is 5.32 Å². The molecule has 0 aliphatic carbocycles. The van der Waals surface area contributed by atoms with Crippen LogP contribution >= 0.6 is 11.8 Å². The minimum atomic E-state index is -0.374. The second-order valence-electron chi connectivity index (χ2n) is 2.77. The van der Waals surface area contributed by atoms with Crippen LogP contribution in [0.25, 0.3) is 0 Å². The zero-order valence-electron chi connectivity index (χ0n) is 8.49. The van der Waals surface area contributed by atoms with E-state index in [2.05, 4.69) is 5.32 Å². The molecule has 1 N–H and O–H groups in total. The van der Waals surface area contributed by atoms with Crippen LogP contribution in [0.5, 0.6) is 0 Å². The minimum absolute atomic E-state index is 0.0169. The van der Waals surface area contributed by atoms with E-state index in [-0.39, 0.29) is 11.4 Å². The van der Waals surface area contributed by atoms with E-state index in [1.807, 2.05) is 0 Å². The lowest BCUT2D eigenvalue weighted by atomic mass is 10.3. The number of anilines is 1. The van der Waals surface area contributed by atoms with Gasteiger partial charge in [0.15, 0.2) is 5.57 Å². The fourth-order valence-electron chi connectivity index (χ4n) is 1.04. The topological polar surface area (TPSA) is 59.6 Å². The van der Waals surface area contributed by atoms with E-state index in [1.165, 1.54) is 23.9 Å². The molecule has 0 saturated carbocycles. The van der Waals surface area contributed by atoms with E-state index >= 15 is 0 Å². The molecule has 0 aromatic heterocycles. The standard InChI is InChI=1S/C11H8FN3S/c1-16-11(8(6-13)7-14)15-10-4-2-3-9(12)5-10/h2-5,15H,1H3. The smallest absolute Gasteiger partial charge is 0.159 e. The van der Waals surface area contributed by atoms with Gasteiger partial charge in [-0.1, -0.05) is 6.07 Å². The Hall–Kier alpha value is -1.98. The predicted molar refractivity (Wildman–Crippen MR) is 61.8 cm³/mol. The maximum absolute atomic E-state index is 12.9. The van der Waals surface area contributed by atoms with Crippen molar-refractivity contribution >= 4 is 17.4 Å². The molecule has 1 aromatic carbocycles. The molecule has 0 unspecified atom stereocenters. The molecule has 0 bridgehead atoms. The largest absolute Gasteiger partial charge is 0.348 e. The molecule has 80 valence electrons. The Labute approximate surface area is 97.2 Å². The van der Waals surface area contributed by atoms with Gasteiger partial charge in [-0.05, 0) is 24.5 Å². The summed E-state index contributed by atoms with van der Waals surface area (Å²) in [4.78, 5) is 0. The van der Waals surface area contributed by atoms with Gasteiger partial charge in [-0.3, -0.25) is 0 Å². The van der Waals surface area contributed by atoms with Crippen molar-refractivity contribution in [2.75, 3.05) is 11.6 Å². The first kappa shape index (κ1) is 12.1. The summed E-state index contributed by atoms with van der Waals surface area (Å²) >= 11 is 1.23. The summed E-state index contributed by atoms with van der Waals surface area (Å²) in [6.07, 6.45) is 1.73. The summed E-state index contributed by atoms with van der Waals surface area (Å²) < 4.78 is 12.9. The van der Waals surface area contributed by atoms with Crippen LogP contribution in [0.3, 0.4) is 0 Å². The van der Waals surface area contributed by atoms with Crippen molar-refractivity contribution in [3.63, 3.8) is 0 Å². The Morgan fingerprint density at radius 2 is 2.06 bits per heavy atom. The van der Waals surface area contributed by atoms with Crippen LogP contribution in [0.15, 0.2) is 34.9 Å². The maximum atomic E-state index is 12.9. The summed E-state index contributed by atoms with van der Waals surface area (Å²) in [5.41, 5.74) is 0.490. The van der Waals surface area contributed by atoms with Crippen LogP contribution in [-0.2, 0) is 0 Å². The maximum Gasteiger partial charge on any atom is 0.159 e. The second kappa shape index (κ2) is 5.79. The highest BCUT2D eigenvalue weighted by atomic mass is 32.2. The lowest BCUT2D eigenvalue weighted by molar-refractivity contribution is 0.628. The number of nitrogens with zero attached hydrogens (tertiary/aromatic N) is 2. The van der Waals surface area contributed by atoms with E-state index in [9.17, 15) is 4.39 Å². The van der Waals surface area contributed by atoms with Gasteiger partial charge in [-0.2, -0.15) is 10.5 Å². The van der Waals surface area contributed by atoms with Gasteiger partial charge in [-0.25, -0.2) is 4.39 Å². The molecule has 5 heteroatoms. The number of hydrogen-bond donors (Lipinski definition) is 1. The van der Waals surface area contributed by atoms with Crippen molar-refractivity contribution in [3.8, 4) is 12.1 Å². The number of nitriles is 2. The van der Waals surface area contributed by atoms with E-state index < -0.39 is 0 Å². The van der Waals surface area contributed by atoms with Crippen LogP contribution in [-0.4, -0.2) is 6.26 Å². The fraction of sp³-hybridized carbons (Fsp3) is 0.0909. The molecule has 0 heterocycles. The zero-order chi connectivity index (χ0) is 12.0. The highest BCUT2D eigenvalue weighted by molar-refractivity contribution is 8.02. The zero-order valence-corrected chi connectivity index (χ0v) is 9.31. The van der Waals surface area contributed by atoms with E-state index in [4.69, 9.17) is 10.5 Å². The first-order valence-electron chi connectivity index (χ1n) is 4.32. The predicted octanol–water partition coefficient (Wildman–Crippen LogP) is 2.86. The number of rotatable bonds is 3. The van der Waals surface area contributed by atoms with Crippen molar-refractivity contribution in [1.82, 2.24) is 0 Å². The summed E-state index contributed by atoms with van der Waals surface area (Å²) in [6.45, 7) is 0. The van der Waals surface area contributed by atoms with E-state index in [1.54, 1.807) is 30.5 Å². The van der Waals surface area contributed by atoms with E-state index in [0.29, 0.717) is 10.7 Å². The van der Waals surface area contributed by atoms with Gasteiger partial charge in [-0.15, -0.1) is 11.8 Å². The van der Waals surface area contributed by atoms with Gasteiger partial charge in [0, 0.05) is 5.69 Å². The third-order valence-corrected chi connectivity index (χ3v) is 2.45. The van der Waals surface area contributed by atoms with Crippen molar-refractivity contribution in [3.05, 3.63) is 40.7 Å². The van der Waals surface area contributed by atoms with Crippen molar-refractivity contribution < 1.29 is 4.39 Å². The van der Waals surface area contributed by atoms with Crippen molar-refractivity contribution in [1.29, 1.82) is 10.5 Å².